The molecular formula is C9H15N3O. The van der Waals surface area contributed by atoms with Gasteiger partial charge in [0.25, 0.3) is 0 Å². The third kappa shape index (κ3) is 2.32. The summed E-state index contributed by atoms with van der Waals surface area (Å²) in [5.41, 5.74) is 4.07. The summed E-state index contributed by atoms with van der Waals surface area (Å²) in [4.78, 5) is 5.20. The van der Waals surface area contributed by atoms with E-state index in [1.54, 1.807) is 20.2 Å². The lowest BCUT2D eigenvalue weighted by Crippen LogP contribution is -2.16. The number of hydrogen-bond donors (Lipinski definition) is 3. The van der Waals surface area contributed by atoms with E-state index < -0.39 is 0 Å². The Kier molecular flexibility index (Phi) is 3.08. The fraction of sp³-hybridized carbons (Fsp3) is 0.444. The van der Waals surface area contributed by atoms with Gasteiger partial charge in [0, 0.05) is 19.0 Å². The highest BCUT2D eigenvalue weighted by Gasteiger charge is 2.17. The first-order chi connectivity index (χ1) is 6.15. The van der Waals surface area contributed by atoms with Crippen molar-refractivity contribution in [2.24, 2.45) is 0 Å². The molecule has 1 aliphatic rings. The first-order valence-corrected chi connectivity index (χ1v) is 4.22. The third-order valence-corrected chi connectivity index (χ3v) is 1.71. The van der Waals surface area contributed by atoms with Crippen LogP contribution in [0, 0.1) is 5.41 Å². The molecule has 1 rings (SSSR count). The second-order valence-corrected chi connectivity index (χ2v) is 3.01. The van der Waals surface area contributed by atoms with Crippen LogP contribution in [0.1, 0.15) is 13.8 Å². The lowest BCUT2D eigenvalue weighted by molar-refractivity contribution is 0.127. The summed E-state index contributed by atoms with van der Waals surface area (Å²) in [5, 5.41) is 10.4. The SMILES string of the molecule is CN/C=C(\C(C)=N)C1=CC(C)NO1. The van der Waals surface area contributed by atoms with Gasteiger partial charge in [0.15, 0.2) is 5.76 Å². The van der Waals surface area contributed by atoms with Crippen LogP contribution in [-0.2, 0) is 4.84 Å². The Morgan fingerprint density at radius 1 is 1.77 bits per heavy atom. The highest BCUT2D eigenvalue weighted by atomic mass is 16.7. The highest BCUT2D eigenvalue weighted by molar-refractivity contribution is 5.99. The number of rotatable bonds is 3. The fourth-order valence-electron chi connectivity index (χ4n) is 1.10. The maximum atomic E-state index is 7.53. The summed E-state index contributed by atoms with van der Waals surface area (Å²) in [6, 6.07) is 0.203. The van der Waals surface area contributed by atoms with Crippen LogP contribution in [-0.4, -0.2) is 18.8 Å². The van der Waals surface area contributed by atoms with Crippen molar-refractivity contribution in [2.75, 3.05) is 7.05 Å². The monoisotopic (exact) mass is 181 g/mol. The number of hydroxylamine groups is 1. The minimum Gasteiger partial charge on any atom is -0.408 e. The molecule has 0 spiro atoms. The van der Waals surface area contributed by atoms with Gasteiger partial charge >= 0.3 is 0 Å². The normalized spacial score (nSPS) is 22.2. The molecule has 1 atom stereocenters. The maximum Gasteiger partial charge on any atom is 0.155 e. The topological polar surface area (TPSA) is 57.1 Å². The largest absolute Gasteiger partial charge is 0.408 e. The van der Waals surface area contributed by atoms with Gasteiger partial charge in [-0.25, -0.2) is 0 Å². The van der Waals surface area contributed by atoms with Crippen molar-refractivity contribution < 1.29 is 4.84 Å². The quantitative estimate of drug-likeness (QED) is 0.568. The average Bonchev–Trinajstić information content (AvgIpc) is 2.46. The van der Waals surface area contributed by atoms with Gasteiger partial charge in [0.2, 0.25) is 0 Å². The molecule has 0 amide bonds. The first-order valence-electron chi connectivity index (χ1n) is 4.22. The number of hydrogen-bond acceptors (Lipinski definition) is 4. The maximum absolute atomic E-state index is 7.53. The zero-order valence-corrected chi connectivity index (χ0v) is 8.14. The zero-order valence-electron chi connectivity index (χ0n) is 8.14. The third-order valence-electron chi connectivity index (χ3n) is 1.71. The molecule has 0 fully saturated rings. The highest BCUT2D eigenvalue weighted by Crippen LogP contribution is 2.16. The fourth-order valence-corrected chi connectivity index (χ4v) is 1.10. The standard InChI is InChI=1S/C9H15N3O/c1-6-4-9(13-12-6)8(5-11-3)7(2)10/h4-6,10-12H,1-3H3/b8-5+,10-7?. The second-order valence-electron chi connectivity index (χ2n) is 3.01. The molecule has 3 N–H and O–H groups in total. The molecule has 13 heavy (non-hydrogen) atoms. The molecule has 0 bridgehead atoms. The molecule has 4 heteroatoms. The van der Waals surface area contributed by atoms with Crippen molar-refractivity contribution in [3.63, 3.8) is 0 Å². The van der Waals surface area contributed by atoms with E-state index in [0.717, 1.165) is 5.57 Å². The Labute approximate surface area is 78.1 Å². The lowest BCUT2D eigenvalue weighted by atomic mass is 10.1. The molecule has 0 saturated heterocycles. The molecule has 0 aliphatic carbocycles. The van der Waals surface area contributed by atoms with Crippen molar-refractivity contribution in [2.45, 2.75) is 19.9 Å². The van der Waals surface area contributed by atoms with Gasteiger partial charge in [-0.15, -0.1) is 5.48 Å². The van der Waals surface area contributed by atoms with Gasteiger partial charge in [-0.3, -0.25) is 0 Å². The molecule has 0 aromatic rings. The molecule has 4 nitrogen and oxygen atoms in total. The van der Waals surface area contributed by atoms with E-state index >= 15 is 0 Å². The Morgan fingerprint density at radius 3 is 2.85 bits per heavy atom. The van der Waals surface area contributed by atoms with Crippen LogP contribution in [0.15, 0.2) is 23.6 Å². The van der Waals surface area contributed by atoms with E-state index in [1.807, 2.05) is 13.0 Å². The van der Waals surface area contributed by atoms with E-state index in [2.05, 4.69) is 10.8 Å². The Hall–Kier alpha value is -1.29. The Morgan fingerprint density at radius 2 is 2.46 bits per heavy atom. The summed E-state index contributed by atoms with van der Waals surface area (Å²) < 4.78 is 0. The predicted octanol–water partition coefficient (Wildman–Crippen LogP) is 0.937. The second kappa shape index (κ2) is 4.09. The molecule has 0 saturated carbocycles. The summed E-state index contributed by atoms with van der Waals surface area (Å²) in [6.45, 7) is 3.72. The molecule has 0 aromatic carbocycles. The summed E-state index contributed by atoms with van der Waals surface area (Å²) in [7, 11) is 1.80. The van der Waals surface area contributed by atoms with Gasteiger partial charge in [0.05, 0.1) is 11.6 Å². The number of nitrogens with one attached hydrogen (secondary N) is 3. The average molecular weight is 181 g/mol. The number of allylic oxidation sites excluding steroid dienone is 1. The van der Waals surface area contributed by atoms with Crippen LogP contribution in [0.4, 0.5) is 0 Å². The van der Waals surface area contributed by atoms with Gasteiger partial charge < -0.3 is 15.6 Å². The molecule has 1 aliphatic heterocycles. The molecule has 1 unspecified atom stereocenters. The van der Waals surface area contributed by atoms with Crippen molar-refractivity contribution in [3.8, 4) is 0 Å². The predicted molar refractivity (Wildman–Crippen MR) is 52.3 cm³/mol. The van der Waals surface area contributed by atoms with Crippen molar-refractivity contribution in [1.29, 1.82) is 5.41 Å². The summed E-state index contributed by atoms with van der Waals surface area (Å²) >= 11 is 0. The van der Waals surface area contributed by atoms with Gasteiger partial charge in [-0.2, -0.15) is 0 Å². The van der Waals surface area contributed by atoms with Gasteiger partial charge in [-0.05, 0) is 19.9 Å². The van der Waals surface area contributed by atoms with Gasteiger partial charge in [-0.1, -0.05) is 0 Å². The van der Waals surface area contributed by atoms with E-state index in [9.17, 15) is 0 Å². The summed E-state index contributed by atoms with van der Waals surface area (Å²) in [6.07, 6.45) is 3.70. The minimum absolute atomic E-state index is 0.203. The summed E-state index contributed by atoms with van der Waals surface area (Å²) in [5.74, 6) is 0.717. The van der Waals surface area contributed by atoms with Crippen LogP contribution in [0.3, 0.4) is 0 Å². The van der Waals surface area contributed by atoms with Crippen molar-refractivity contribution in [3.05, 3.63) is 23.6 Å². The Bertz CT molecular complexity index is 268. The molecule has 1 heterocycles. The smallest absolute Gasteiger partial charge is 0.155 e. The van der Waals surface area contributed by atoms with Crippen molar-refractivity contribution in [1.82, 2.24) is 10.8 Å². The van der Waals surface area contributed by atoms with E-state index in [4.69, 9.17) is 10.2 Å². The van der Waals surface area contributed by atoms with Gasteiger partial charge in [0.1, 0.15) is 0 Å². The molecule has 0 aromatic heterocycles. The van der Waals surface area contributed by atoms with Crippen LogP contribution in [0.2, 0.25) is 0 Å². The van der Waals surface area contributed by atoms with E-state index in [1.165, 1.54) is 0 Å². The first kappa shape index (κ1) is 9.80. The van der Waals surface area contributed by atoms with Crippen molar-refractivity contribution >= 4 is 5.71 Å². The van der Waals surface area contributed by atoms with E-state index in [0.29, 0.717) is 11.5 Å². The van der Waals surface area contributed by atoms with Crippen LogP contribution < -0.4 is 10.8 Å². The Balaban J connectivity index is 2.83. The van der Waals surface area contributed by atoms with E-state index in [-0.39, 0.29) is 6.04 Å². The van der Waals surface area contributed by atoms with Crippen LogP contribution >= 0.6 is 0 Å². The van der Waals surface area contributed by atoms with Crippen LogP contribution in [0.25, 0.3) is 0 Å². The van der Waals surface area contributed by atoms with Crippen LogP contribution in [0.5, 0.6) is 0 Å². The molecule has 72 valence electrons. The minimum atomic E-state index is 0.203. The lowest BCUT2D eigenvalue weighted by Gasteiger charge is -2.06. The zero-order chi connectivity index (χ0) is 9.84. The molecular weight excluding hydrogens is 166 g/mol. The molecule has 0 radical (unpaired) electrons.